The number of para-hydroxylation sites is 1. The van der Waals surface area contributed by atoms with Crippen molar-refractivity contribution in [1.29, 1.82) is 0 Å². The van der Waals surface area contributed by atoms with E-state index >= 15 is 0 Å². The fourth-order valence-electron chi connectivity index (χ4n) is 4.07. The Morgan fingerprint density at radius 1 is 1.48 bits per heavy atom. The van der Waals surface area contributed by atoms with Crippen LogP contribution in [0.25, 0.3) is 0 Å². The van der Waals surface area contributed by atoms with Crippen LogP contribution in [0.1, 0.15) is 36.8 Å². The van der Waals surface area contributed by atoms with Gasteiger partial charge in [0.05, 0.1) is 18.8 Å². The number of fused-ring (bicyclic) bond motifs is 3. The maximum absolute atomic E-state index is 10.5. The Labute approximate surface area is 160 Å². The Morgan fingerprint density at radius 2 is 2.30 bits per heavy atom. The van der Waals surface area contributed by atoms with Crippen LogP contribution in [0.4, 0.5) is 0 Å². The lowest BCUT2D eigenvalue weighted by atomic mass is 9.86. The molecular formula is C22H26O5. The van der Waals surface area contributed by atoms with E-state index in [1.54, 1.807) is 13.0 Å². The molecule has 1 aromatic rings. The third-order valence-corrected chi connectivity index (χ3v) is 5.57. The number of aliphatic hydroxyl groups excluding tert-OH is 2. The number of terminal acetylenes is 1. The number of carbonyl (C=O) groups excluding carboxylic acids is 1. The average Bonchev–Trinajstić information content (AvgIpc) is 3.17. The fourth-order valence-corrected chi connectivity index (χ4v) is 4.07. The molecule has 1 heterocycles. The molecule has 1 aromatic carbocycles. The first-order valence-electron chi connectivity index (χ1n) is 9.41. The number of aryl methyl sites for hydroxylation is 1. The molecule has 0 aromatic heterocycles. The number of hydrogen-bond acceptors (Lipinski definition) is 5. The third kappa shape index (κ3) is 4.02. The molecule has 144 valence electrons. The molecule has 5 heteroatoms. The van der Waals surface area contributed by atoms with Gasteiger partial charge in [-0.3, -0.25) is 4.79 Å². The highest BCUT2D eigenvalue weighted by molar-refractivity contribution is 5.49. The summed E-state index contributed by atoms with van der Waals surface area (Å²) in [7, 11) is 0. The number of ether oxygens (including phenoxy) is 2. The van der Waals surface area contributed by atoms with Crippen molar-refractivity contribution in [1.82, 2.24) is 0 Å². The maximum atomic E-state index is 10.5. The molecular weight excluding hydrogens is 344 g/mol. The van der Waals surface area contributed by atoms with Crippen molar-refractivity contribution in [2.75, 3.05) is 6.61 Å². The molecule has 3 rings (SSSR count). The predicted molar refractivity (Wildman–Crippen MR) is 101 cm³/mol. The van der Waals surface area contributed by atoms with Crippen LogP contribution in [0.3, 0.4) is 0 Å². The number of rotatable bonds is 8. The Hall–Kier alpha value is -2.29. The fraction of sp³-hybridized carbons (Fsp3) is 0.500. The minimum absolute atomic E-state index is 0.0609. The zero-order valence-corrected chi connectivity index (χ0v) is 15.5. The van der Waals surface area contributed by atoms with Crippen LogP contribution in [0.2, 0.25) is 0 Å². The van der Waals surface area contributed by atoms with Gasteiger partial charge in [-0.05, 0) is 25.3 Å². The van der Waals surface area contributed by atoms with E-state index in [1.807, 2.05) is 24.3 Å². The Kier molecular flexibility index (Phi) is 6.20. The highest BCUT2D eigenvalue weighted by atomic mass is 16.5. The van der Waals surface area contributed by atoms with Gasteiger partial charge in [0.2, 0.25) is 0 Å². The van der Waals surface area contributed by atoms with E-state index in [0.29, 0.717) is 19.5 Å². The van der Waals surface area contributed by atoms with Gasteiger partial charge in [-0.1, -0.05) is 30.4 Å². The lowest BCUT2D eigenvalue weighted by molar-refractivity contribution is -0.128. The maximum Gasteiger partial charge on any atom is 0.293 e. The normalized spacial score (nSPS) is 28.1. The Bertz CT molecular complexity index is 735. The molecule has 2 aliphatic rings. The molecule has 2 unspecified atom stereocenters. The Balaban J connectivity index is 1.77. The van der Waals surface area contributed by atoms with Gasteiger partial charge in [0.25, 0.3) is 6.47 Å². The second-order valence-corrected chi connectivity index (χ2v) is 7.30. The zero-order valence-electron chi connectivity index (χ0n) is 15.5. The van der Waals surface area contributed by atoms with Crippen molar-refractivity contribution in [3.05, 3.63) is 41.5 Å². The molecule has 1 fully saturated rings. The van der Waals surface area contributed by atoms with Crippen molar-refractivity contribution in [2.24, 2.45) is 11.8 Å². The monoisotopic (exact) mass is 370 g/mol. The van der Waals surface area contributed by atoms with Crippen LogP contribution < -0.4 is 4.74 Å². The topological polar surface area (TPSA) is 76.0 Å². The van der Waals surface area contributed by atoms with E-state index in [-0.39, 0.29) is 23.9 Å². The molecule has 0 radical (unpaired) electrons. The standard InChI is InChI=1S/C22H26O5/c1-3-14(2)18(24)10-9-16-19(25)12-20-21(16)17-8-4-6-15(22(17)27-20)7-5-11-26-13-23/h1,4,6,8-10,13-14,16,18-21,24-25H,5,7,11-12H2,2H3/b10-9+/t14?,16-,18+,19+,20?,21-/m0/s1. The number of hydrogen-bond donors (Lipinski definition) is 2. The SMILES string of the molecule is C#CC(C)[C@H](O)/C=C/[C@H]1[C@H](O)CC2Oc3c(CCCOC=O)cccc3[C@@H]21. The van der Waals surface area contributed by atoms with Crippen LogP contribution in [-0.2, 0) is 16.0 Å². The van der Waals surface area contributed by atoms with Crippen molar-refractivity contribution in [3.63, 3.8) is 0 Å². The number of carbonyl (C=O) groups is 1. The van der Waals surface area contributed by atoms with Crippen molar-refractivity contribution in [2.45, 2.75) is 50.4 Å². The quantitative estimate of drug-likeness (QED) is 0.318. The van der Waals surface area contributed by atoms with Crippen LogP contribution in [0.5, 0.6) is 5.75 Å². The van der Waals surface area contributed by atoms with Crippen molar-refractivity contribution in [3.8, 4) is 18.1 Å². The summed E-state index contributed by atoms with van der Waals surface area (Å²) < 4.78 is 11.0. The van der Waals surface area contributed by atoms with Gasteiger partial charge in [-0.2, -0.15) is 0 Å². The second kappa shape index (κ2) is 8.60. The molecule has 0 spiro atoms. The molecule has 2 N–H and O–H groups in total. The first-order chi connectivity index (χ1) is 13.1. The molecule has 0 saturated heterocycles. The smallest absolute Gasteiger partial charge is 0.293 e. The second-order valence-electron chi connectivity index (χ2n) is 7.30. The van der Waals surface area contributed by atoms with E-state index in [4.69, 9.17) is 15.9 Å². The van der Waals surface area contributed by atoms with Crippen LogP contribution in [-0.4, -0.2) is 41.6 Å². The Morgan fingerprint density at radius 3 is 3.04 bits per heavy atom. The number of aliphatic hydroxyl groups is 2. The first kappa shape index (κ1) is 19.5. The van der Waals surface area contributed by atoms with Crippen molar-refractivity contribution >= 4 is 6.47 Å². The minimum Gasteiger partial charge on any atom is -0.489 e. The third-order valence-electron chi connectivity index (χ3n) is 5.57. The summed E-state index contributed by atoms with van der Waals surface area (Å²) in [6.45, 7) is 2.64. The van der Waals surface area contributed by atoms with Gasteiger partial charge >= 0.3 is 0 Å². The number of benzene rings is 1. The zero-order chi connectivity index (χ0) is 19.4. The summed E-state index contributed by atoms with van der Waals surface area (Å²) >= 11 is 0. The molecule has 0 amide bonds. The van der Waals surface area contributed by atoms with Gasteiger partial charge in [-0.25, -0.2) is 0 Å². The highest BCUT2D eigenvalue weighted by Crippen LogP contribution is 2.52. The van der Waals surface area contributed by atoms with E-state index < -0.39 is 12.2 Å². The van der Waals surface area contributed by atoms with Crippen LogP contribution >= 0.6 is 0 Å². The van der Waals surface area contributed by atoms with Crippen molar-refractivity contribution < 1.29 is 24.5 Å². The van der Waals surface area contributed by atoms with E-state index in [0.717, 1.165) is 29.7 Å². The van der Waals surface area contributed by atoms with Crippen LogP contribution in [0, 0.1) is 24.2 Å². The summed E-state index contributed by atoms with van der Waals surface area (Å²) in [6.07, 6.45) is 9.69. The van der Waals surface area contributed by atoms with Gasteiger partial charge in [-0.15, -0.1) is 12.3 Å². The van der Waals surface area contributed by atoms with E-state index in [2.05, 4.69) is 5.92 Å². The molecule has 5 nitrogen and oxygen atoms in total. The summed E-state index contributed by atoms with van der Waals surface area (Å²) in [5.41, 5.74) is 2.19. The van der Waals surface area contributed by atoms with Gasteiger partial charge in [0.15, 0.2) is 0 Å². The molecule has 6 atom stereocenters. The first-order valence-corrected chi connectivity index (χ1v) is 9.41. The van der Waals surface area contributed by atoms with Gasteiger partial charge in [0, 0.05) is 29.7 Å². The molecule has 27 heavy (non-hydrogen) atoms. The summed E-state index contributed by atoms with van der Waals surface area (Å²) in [4.78, 5) is 10.3. The summed E-state index contributed by atoms with van der Waals surface area (Å²) in [6, 6.07) is 6.08. The van der Waals surface area contributed by atoms with E-state index in [9.17, 15) is 15.0 Å². The molecule has 1 aliphatic heterocycles. The lowest BCUT2D eigenvalue weighted by Gasteiger charge is -2.18. The minimum atomic E-state index is -0.729. The molecule has 1 saturated carbocycles. The molecule has 0 bridgehead atoms. The van der Waals surface area contributed by atoms with E-state index in [1.165, 1.54) is 0 Å². The van der Waals surface area contributed by atoms with Gasteiger partial charge in [0.1, 0.15) is 11.9 Å². The summed E-state index contributed by atoms with van der Waals surface area (Å²) in [5, 5.41) is 20.6. The highest BCUT2D eigenvalue weighted by Gasteiger charge is 2.48. The predicted octanol–water partition coefficient (Wildman–Crippen LogP) is 2.20. The average molecular weight is 370 g/mol. The lowest BCUT2D eigenvalue weighted by Crippen LogP contribution is -2.18. The molecule has 1 aliphatic carbocycles. The van der Waals surface area contributed by atoms with Crippen LogP contribution in [0.15, 0.2) is 30.4 Å². The van der Waals surface area contributed by atoms with Gasteiger partial charge < -0.3 is 19.7 Å². The summed E-state index contributed by atoms with van der Waals surface area (Å²) in [5.74, 6) is 3.08. The largest absolute Gasteiger partial charge is 0.489 e.